The van der Waals surface area contributed by atoms with Crippen LogP contribution in [0.15, 0.2) is 47.2 Å². The number of thiazole rings is 1. The fourth-order valence-electron chi connectivity index (χ4n) is 3.24. The summed E-state index contributed by atoms with van der Waals surface area (Å²) < 4.78 is 5.13. The molecular weight excluding hydrogens is 406 g/mol. The van der Waals surface area contributed by atoms with Gasteiger partial charge in [-0.2, -0.15) is 0 Å². The quantitative estimate of drug-likeness (QED) is 0.626. The van der Waals surface area contributed by atoms with Gasteiger partial charge in [0.2, 0.25) is 5.91 Å². The molecule has 1 fully saturated rings. The lowest BCUT2D eigenvalue weighted by molar-refractivity contribution is -0.132. The summed E-state index contributed by atoms with van der Waals surface area (Å²) in [5, 5.41) is 4.93. The van der Waals surface area contributed by atoms with Crippen LogP contribution in [-0.2, 0) is 11.2 Å². The van der Waals surface area contributed by atoms with Gasteiger partial charge in [0, 0.05) is 37.1 Å². The Kier molecular flexibility index (Phi) is 5.92. The van der Waals surface area contributed by atoms with Crippen molar-refractivity contribution in [3.8, 4) is 15.6 Å². The van der Waals surface area contributed by atoms with Crippen molar-refractivity contribution < 1.29 is 14.3 Å². The number of methoxy groups -OCH3 is 1. The molecule has 3 aromatic rings. The van der Waals surface area contributed by atoms with Gasteiger partial charge in [0.1, 0.15) is 10.8 Å². The standard InChI is InChI=1S/C21H21N3O3S2/c1-27-17-6-4-15(5-7-17)21(26)24-10-8-23(9-11-24)19(25)13-16-14-29-20(22-16)18-3-2-12-28-18/h2-7,12,14H,8-11,13H2,1H3. The Labute approximate surface area is 177 Å². The minimum atomic E-state index is -0.0140. The first kappa shape index (κ1) is 19.6. The molecule has 2 aromatic heterocycles. The Morgan fingerprint density at radius 1 is 1.03 bits per heavy atom. The lowest BCUT2D eigenvalue weighted by atomic mass is 10.1. The van der Waals surface area contributed by atoms with Gasteiger partial charge in [0.05, 0.1) is 24.1 Å². The highest BCUT2D eigenvalue weighted by atomic mass is 32.1. The van der Waals surface area contributed by atoms with Gasteiger partial charge >= 0.3 is 0 Å². The van der Waals surface area contributed by atoms with Crippen molar-refractivity contribution >= 4 is 34.5 Å². The predicted molar refractivity (Wildman–Crippen MR) is 115 cm³/mol. The maximum absolute atomic E-state index is 12.7. The zero-order valence-electron chi connectivity index (χ0n) is 16.0. The van der Waals surface area contributed by atoms with Crippen molar-refractivity contribution in [1.29, 1.82) is 0 Å². The molecule has 0 N–H and O–H groups in total. The van der Waals surface area contributed by atoms with Gasteiger partial charge in [-0.1, -0.05) is 6.07 Å². The molecule has 0 unspecified atom stereocenters. The molecule has 1 aliphatic rings. The molecule has 4 rings (SSSR count). The molecule has 2 amide bonds. The minimum Gasteiger partial charge on any atom is -0.497 e. The molecule has 29 heavy (non-hydrogen) atoms. The summed E-state index contributed by atoms with van der Waals surface area (Å²) in [7, 11) is 1.60. The molecule has 6 nitrogen and oxygen atoms in total. The predicted octanol–water partition coefficient (Wildman–Crippen LogP) is 3.41. The SMILES string of the molecule is COc1ccc(C(=O)N2CCN(C(=O)Cc3csc(-c4cccs4)n3)CC2)cc1. The zero-order valence-corrected chi connectivity index (χ0v) is 17.7. The molecule has 0 aliphatic carbocycles. The van der Waals surface area contributed by atoms with Crippen molar-refractivity contribution in [3.05, 3.63) is 58.4 Å². The number of benzene rings is 1. The molecule has 1 saturated heterocycles. The van der Waals surface area contributed by atoms with Crippen LogP contribution in [0.3, 0.4) is 0 Å². The highest BCUT2D eigenvalue weighted by Gasteiger charge is 2.25. The fourth-order valence-corrected chi connectivity index (χ4v) is 4.88. The third-order valence-electron chi connectivity index (χ3n) is 4.87. The van der Waals surface area contributed by atoms with Crippen molar-refractivity contribution in [2.24, 2.45) is 0 Å². The Bertz CT molecular complexity index is 975. The smallest absolute Gasteiger partial charge is 0.253 e. The van der Waals surface area contributed by atoms with E-state index in [4.69, 9.17) is 4.74 Å². The number of thiophene rings is 1. The van der Waals surface area contributed by atoms with E-state index in [9.17, 15) is 9.59 Å². The second-order valence-electron chi connectivity index (χ2n) is 6.70. The van der Waals surface area contributed by atoms with Gasteiger partial charge in [-0.25, -0.2) is 4.98 Å². The molecular formula is C21H21N3O3S2. The van der Waals surface area contributed by atoms with Crippen LogP contribution in [-0.4, -0.2) is 59.9 Å². The first-order valence-electron chi connectivity index (χ1n) is 9.33. The van der Waals surface area contributed by atoms with Gasteiger partial charge in [-0.05, 0) is 35.7 Å². The molecule has 0 bridgehead atoms. The largest absolute Gasteiger partial charge is 0.497 e. The van der Waals surface area contributed by atoms with Gasteiger partial charge in [0.15, 0.2) is 0 Å². The second kappa shape index (κ2) is 8.75. The molecule has 0 atom stereocenters. The summed E-state index contributed by atoms with van der Waals surface area (Å²) in [4.78, 5) is 34.6. The average Bonchev–Trinajstić information content (AvgIpc) is 3.45. The Hall–Kier alpha value is -2.71. The summed E-state index contributed by atoms with van der Waals surface area (Å²) >= 11 is 3.21. The van der Waals surface area contributed by atoms with Gasteiger partial charge in [-0.15, -0.1) is 22.7 Å². The first-order valence-corrected chi connectivity index (χ1v) is 11.1. The van der Waals surface area contributed by atoms with Gasteiger partial charge < -0.3 is 14.5 Å². The van der Waals surface area contributed by atoms with E-state index in [0.717, 1.165) is 21.3 Å². The fraction of sp³-hybridized carbons (Fsp3) is 0.286. The van der Waals surface area contributed by atoms with Crippen molar-refractivity contribution in [3.63, 3.8) is 0 Å². The molecule has 8 heteroatoms. The van der Waals surface area contributed by atoms with Crippen LogP contribution in [0.2, 0.25) is 0 Å². The van der Waals surface area contributed by atoms with E-state index in [0.29, 0.717) is 38.2 Å². The maximum Gasteiger partial charge on any atom is 0.253 e. The molecule has 1 aromatic carbocycles. The number of hydrogen-bond donors (Lipinski definition) is 0. The molecule has 0 spiro atoms. The first-order chi connectivity index (χ1) is 14.1. The summed E-state index contributed by atoms with van der Waals surface area (Å²) in [5.41, 5.74) is 1.44. The summed E-state index contributed by atoms with van der Waals surface area (Å²) in [5.74, 6) is 0.769. The maximum atomic E-state index is 12.7. The van der Waals surface area contributed by atoms with Crippen LogP contribution in [0.1, 0.15) is 16.1 Å². The lowest BCUT2D eigenvalue weighted by Crippen LogP contribution is -2.51. The topological polar surface area (TPSA) is 62.7 Å². The number of hydrogen-bond acceptors (Lipinski definition) is 6. The Morgan fingerprint density at radius 3 is 2.41 bits per heavy atom. The van der Waals surface area contributed by atoms with Crippen LogP contribution in [0.25, 0.3) is 9.88 Å². The monoisotopic (exact) mass is 427 g/mol. The van der Waals surface area contributed by atoms with Gasteiger partial charge in [0.25, 0.3) is 5.91 Å². The average molecular weight is 428 g/mol. The van der Waals surface area contributed by atoms with E-state index in [-0.39, 0.29) is 11.8 Å². The number of carbonyl (C=O) groups excluding carboxylic acids is 2. The molecule has 0 radical (unpaired) electrons. The van der Waals surface area contributed by atoms with Crippen LogP contribution >= 0.6 is 22.7 Å². The van der Waals surface area contributed by atoms with E-state index < -0.39 is 0 Å². The van der Waals surface area contributed by atoms with E-state index in [1.54, 1.807) is 58.9 Å². The summed E-state index contributed by atoms with van der Waals surface area (Å²) in [6.45, 7) is 2.16. The van der Waals surface area contributed by atoms with Crippen LogP contribution in [0, 0.1) is 0 Å². The molecule has 0 saturated carbocycles. The van der Waals surface area contributed by atoms with E-state index >= 15 is 0 Å². The zero-order chi connectivity index (χ0) is 20.2. The normalized spacial score (nSPS) is 14.1. The highest BCUT2D eigenvalue weighted by Crippen LogP contribution is 2.28. The Morgan fingerprint density at radius 2 is 1.76 bits per heavy atom. The number of rotatable bonds is 5. The van der Waals surface area contributed by atoms with Crippen molar-refractivity contribution in [2.45, 2.75) is 6.42 Å². The van der Waals surface area contributed by atoms with E-state index in [1.165, 1.54) is 0 Å². The summed E-state index contributed by atoms with van der Waals surface area (Å²) in [6, 6.07) is 11.1. The van der Waals surface area contributed by atoms with E-state index in [1.807, 2.05) is 27.8 Å². The number of aromatic nitrogens is 1. The van der Waals surface area contributed by atoms with Crippen LogP contribution in [0.4, 0.5) is 0 Å². The van der Waals surface area contributed by atoms with Crippen molar-refractivity contribution in [1.82, 2.24) is 14.8 Å². The number of piperazine rings is 1. The number of nitrogens with zero attached hydrogens (tertiary/aromatic N) is 3. The van der Waals surface area contributed by atoms with Crippen molar-refractivity contribution in [2.75, 3.05) is 33.3 Å². The minimum absolute atomic E-state index is 0.0140. The second-order valence-corrected chi connectivity index (χ2v) is 8.51. The lowest BCUT2D eigenvalue weighted by Gasteiger charge is -2.34. The van der Waals surface area contributed by atoms with Crippen LogP contribution < -0.4 is 4.74 Å². The summed E-state index contributed by atoms with van der Waals surface area (Å²) in [6.07, 6.45) is 0.300. The molecule has 1 aliphatic heterocycles. The highest BCUT2D eigenvalue weighted by molar-refractivity contribution is 7.20. The number of amides is 2. The molecule has 150 valence electrons. The number of ether oxygens (including phenoxy) is 1. The van der Waals surface area contributed by atoms with Crippen LogP contribution in [0.5, 0.6) is 5.75 Å². The van der Waals surface area contributed by atoms with E-state index in [2.05, 4.69) is 4.98 Å². The number of carbonyl (C=O) groups is 2. The third kappa shape index (κ3) is 4.49. The Balaban J connectivity index is 1.30. The van der Waals surface area contributed by atoms with Gasteiger partial charge in [-0.3, -0.25) is 9.59 Å². The third-order valence-corrected chi connectivity index (χ3v) is 6.80. The molecule has 3 heterocycles.